The van der Waals surface area contributed by atoms with Gasteiger partial charge in [0, 0.05) is 10.2 Å². The second kappa shape index (κ2) is 5.66. The number of rotatable bonds is 2. The molecular formula is C16H13Br2N3. The number of nitrogen functional groups attached to an aromatic ring is 1. The van der Waals surface area contributed by atoms with Gasteiger partial charge in [-0.1, -0.05) is 28.1 Å². The van der Waals surface area contributed by atoms with Crippen LogP contribution >= 0.6 is 31.9 Å². The zero-order valence-corrected chi connectivity index (χ0v) is 14.5. The maximum atomic E-state index is 5.85. The molecule has 0 aliphatic carbocycles. The smallest absolute Gasteiger partial charge is 0.145 e. The monoisotopic (exact) mass is 405 g/mol. The van der Waals surface area contributed by atoms with Crippen molar-refractivity contribution in [3.63, 3.8) is 0 Å². The van der Waals surface area contributed by atoms with Crippen LogP contribution in [0.25, 0.3) is 10.8 Å². The highest BCUT2D eigenvalue weighted by atomic mass is 79.9. The van der Waals surface area contributed by atoms with E-state index < -0.39 is 0 Å². The minimum absolute atomic E-state index is 0.677. The van der Waals surface area contributed by atoms with E-state index in [4.69, 9.17) is 5.73 Å². The number of fused-ring (bicyclic) bond motifs is 1. The van der Waals surface area contributed by atoms with Gasteiger partial charge in [0.25, 0.3) is 0 Å². The van der Waals surface area contributed by atoms with Crippen molar-refractivity contribution in [2.75, 3.05) is 11.1 Å². The molecular weight excluding hydrogens is 394 g/mol. The first-order valence-corrected chi connectivity index (χ1v) is 8.00. The van der Waals surface area contributed by atoms with E-state index in [0.717, 1.165) is 26.0 Å². The van der Waals surface area contributed by atoms with Crippen LogP contribution in [0.1, 0.15) is 5.56 Å². The summed E-state index contributed by atoms with van der Waals surface area (Å²) in [6.45, 7) is 1.96. The molecule has 21 heavy (non-hydrogen) atoms. The van der Waals surface area contributed by atoms with Crippen molar-refractivity contribution in [1.82, 2.24) is 4.98 Å². The Hall–Kier alpha value is -1.59. The topological polar surface area (TPSA) is 50.9 Å². The number of nitrogens with zero attached hydrogens (tertiary/aromatic N) is 1. The third-order valence-electron chi connectivity index (χ3n) is 3.37. The van der Waals surface area contributed by atoms with Gasteiger partial charge in [-0.3, -0.25) is 0 Å². The third kappa shape index (κ3) is 2.89. The third-order valence-corrected chi connectivity index (χ3v) is 4.83. The van der Waals surface area contributed by atoms with Crippen LogP contribution in [0.2, 0.25) is 0 Å². The maximum absolute atomic E-state index is 5.85. The van der Waals surface area contributed by atoms with Crippen molar-refractivity contribution in [1.29, 1.82) is 0 Å². The zero-order valence-electron chi connectivity index (χ0n) is 11.3. The Balaban J connectivity index is 1.98. The van der Waals surface area contributed by atoms with E-state index >= 15 is 0 Å². The van der Waals surface area contributed by atoms with Crippen LogP contribution in [-0.2, 0) is 0 Å². The molecule has 106 valence electrons. The summed E-state index contributed by atoms with van der Waals surface area (Å²) in [7, 11) is 0. The van der Waals surface area contributed by atoms with E-state index in [1.807, 2.05) is 19.1 Å². The van der Waals surface area contributed by atoms with Crippen LogP contribution in [0, 0.1) is 6.92 Å². The standard InChI is InChI=1S/C16H13Br2N3/c1-9-14(19)8-20-16(15(9)18)21-13-5-3-10-6-12(17)4-2-11(10)7-13/h2-8H,19H2,1H3,(H,20,21). The van der Waals surface area contributed by atoms with Crippen molar-refractivity contribution >= 4 is 59.8 Å². The summed E-state index contributed by atoms with van der Waals surface area (Å²) in [5.74, 6) is 0.762. The predicted molar refractivity (Wildman–Crippen MR) is 96.0 cm³/mol. The highest BCUT2D eigenvalue weighted by molar-refractivity contribution is 9.11. The van der Waals surface area contributed by atoms with Gasteiger partial charge in [-0.25, -0.2) is 4.98 Å². The Labute approximate surface area is 139 Å². The summed E-state index contributed by atoms with van der Waals surface area (Å²) in [4.78, 5) is 4.34. The fraction of sp³-hybridized carbons (Fsp3) is 0.0625. The lowest BCUT2D eigenvalue weighted by molar-refractivity contribution is 1.26. The number of benzene rings is 2. The van der Waals surface area contributed by atoms with Crippen LogP contribution in [0.3, 0.4) is 0 Å². The Morgan fingerprint density at radius 2 is 1.76 bits per heavy atom. The van der Waals surface area contributed by atoms with E-state index in [1.54, 1.807) is 6.20 Å². The maximum Gasteiger partial charge on any atom is 0.145 e. The van der Waals surface area contributed by atoms with Gasteiger partial charge >= 0.3 is 0 Å². The van der Waals surface area contributed by atoms with Gasteiger partial charge in [-0.15, -0.1) is 0 Å². The number of aromatic nitrogens is 1. The average Bonchev–Trinajstić information content (AvgIpc) is 2.48. The lowest BCUT2D eigenvalue weighted by Crippen LogP contribution is -1.99. The quantitative estimate of drug-likeness (QED) is 0.599. The molecule has 0 spiro atoms. The molecule has 0 atom stereocenters. The number of nitrogens with one attached hydrogen (secondary N) is 1. The van der Waals surface area contributed by atoms with E-state index in [1.165, 1.54) is 10.8 Å². The number of nitrogens with two attached hydrogens (primary N) is 1. The van der Waals surface area contributed by atoms with Crippen molar-refractivity contribution in [3.05, 3.63) is 57.1 Å². The lowest BCUT2D eigenvalue weighted by atomic mass is 10.1. The second-order valence-corrected chi connectivity index (χ2v) is 6.54. The summed E-state index contributed by atoms with van der Waals surface area (Å²) in [5, 5.41) is 5.68. The minimum Gasteiger partial charge on any atom is -0.397 e. The second-order valence-electron chi connectivity index (χ2n) is 4.83. The molecule has 5 heteroatoms. The molecule has 1 heterocycles. The van der Waals surface area contributed by atoms with Gasteiger partial charge < -0.3 is 11.1 Å². The molecule has 0 aliphatic rings. The van der Waals surface area contributed by atoms with Crippen molar-refractivity contribution in [3.8, 4) is 0 Å². The number of halogens is 2. The van der Waals surface area contributed by atoms with Gasteiger partial charge in [0.1, 0.15) is 5.82 Å². The van der Waals surface area contributed by atoms with Gasteiger partial charge in [0.05, 0.1) is 16.4 Å². The predicted octanol–water partition coefficient (Wildman–Crippen LogP) is 5.39. The lowest BCUT2D eigenvalue weighted by Gasteiger charge is -2.11. The van der Waals surface area contributed by atoms with Crippen LogP contribution < -0.4 is 11.1 Å². The van der Waals surface area contributed by atoms with Gasteiger partial charge in [-0.2, -0.15) is 0 Å². The van der Waals surface area contributed by atoms with Gasteiger partial charge in [-0.05, 0) is 63.5 Å². The Bertz CT molecular complexity index is 831. The Morgan fingerprint density at radius 1 is 1.05 bits per heavy atom. The molecule has 0 radical (unpaired) electrons. The molecule has 0 unspecified atom stereocenters. The summed E-state index contributed by atoms with van der Waals surface area (Å²) in [5.41, 5.74) is 8.50. The first kappa shape index (κ1) is 14.4. The SMILES string of the molecule is Cc1c(N)cnc(Nc2ccc3cc(Br)ccc3c2)c1Br. The molecule has 0 aliphatic heterocycles. The van der Waals surface area contributed by atoms with Crippen molar-refractivity contribution < 1.29 is 0 Å². The van der Waals surface area contributed by atoms with Crippen LogP contribution in [0.15, 0.2) is 51.5 Å². The molecule has 0 amide bonds. The van der Waals surface area contributed by atoms with Gasteiger partial charge in [0.2, 0.25) is 0 Å². The molecule has 3 N–H and O–H groups in total. The fourth-order valence-electron chi connectivity index (χ4n) is 2.11. The van der Waals surface area contributed by atoms with E-state index in [2.05, 4.69) is 66.4 Å². The number of hydrogen-bond donors (Lipinski definition) is 2. The van der Waals surface area contributed by atoms with E-state index in [0.29, 0.717) is 5.69 Å². The largest absolute Gasteiger partial charge is 0.397 e. The molecule has 3 rings (SSSR count). The first-order chi connectivity index (χ1) is 10.0. The highest BCUT2D eigenvalue weighted by Crippen LogP contribution is 2.31. The Morgan fingerprint density at radius 3 is 2.57 bits per heavy atom. The van der Waals surface area contributed by atoms with E-state index in [-0.39, 0.29) is 0 Å². The Kier molecular flexibility index (Phi) is 3.87. The number of anilines is 3. The fourth-order valence-corrected chi connectivity index (χ4v) is 2.92. The zero-order chi connectivity index (χ0) is 15.0. The van der Waals surface area contributed by atoms with Crippen molar-refractivity contribution in [2.24, 2.45) is 0 Å². The van der Waals surface area contributed by atoms with E-state index in [9.17, 15) is 0 Å². The van der Waals surface area contributed by atoms with Crippen molar-refractivity contribution in [2.45, 2.75) is 6.92 Å². The summed E-state index contributed by atoms with van der Waals surface area (Å²) in [6, 6.07) is 12.4. The van der Waals surface area contributed by atoms with Gasteiger partial charge in [0.15, 0.2) is 0 Å². The molecule has 3 nitrogen and oxygen atoms in total. The molecule has 0 bridgehead atoms. The average molecular weight is 407 g/mol. The molecule has 2 aromatic carbocycles. The molecule has 0 fully saturated rings. The van der Waals surface area contributed by atoms with Crippen LogP contribution in [-0.4, -0.2) is 4.98 Å². The molecule has 3 aromatic rings. The minimum atomic E-state index is 0.677. The normalized spacial score (nSPS) is 10.8. The number of hydrogen-bond acceptors (Lipinski definition) is 3. The molecule has 0 saturated carbocycles. The molecule has 1 aromatic heterocycles. The van der Waals surface area contributed by atoms with Crippen LogP contribution in [0.4, 0.5) is 17.2 Å². The number of pyridine rings is 1. The summed E-state index contributed by atoms with van der Waals surface area (Å²) < 4.78 is 1.97. The highest BCUT2D eigenvalue weighted by Gasteiger charge is 2.08. The van der Waals surface area contributed by atoms with Crippen LogP contribution in [0.5, 0.6) is 0 Å². The summed E-state index contributed by atoms with van der Waals surface area (Å²) >= 11 is 7.02. The first-order valence-electron chi connectivity index (χ1n) is 6.41. The molecule has 0 saturated heterocycles. The summed E-state index contributed by atoms with van der Waals surface area (Å²) in [6.07, 6.45) is 1.67.